The summed E-state index contributed by atoms with van der Waals surface area (Å²) < 4.78 is 15.9. The summed E-state index contributed by atoms with van der Waals surface area (Å²) in [6.07, 6.45) is 2.27. The van der Waals surface area contributed by atoms with Crippen LogP contribution in [0.3, 0.4) is 0 Å². The largest absolute Gasteiger partial charge is 0.477 e. The van der Waals surface area contributed by atoms with E-state index in [2.05, 4.69) is 9.97 Å². The van der Waals surface area contributed by atoms with Gasteiger partial charge < -0.3 is 19.9 Å². The first-order valence-corrected chi connectivity index (χ1v) is 6.51. The van der Waals surface area contributed by atoms with Crippen LogP contribution in [-0.2, 0) is 9.47 Å². The number of anilines is 1. The number of hydrogen-bond acceptors (Lipinski definition) is 6. The van der Waals surface area contributed by atoms with E-state index < -0.39 is 0 Å². The molecule has 2 aromatic rings. The second-order valence-corrected chi connectivity index (χ2v) is 4.26. The van der Waals surface area contributed by atoms with Gasteiger partial charge in [0.25, 0.3) is 0 Å². The van der Waals surface area contributed by atoms with Crippen molar-refractivity contribution in [1.29, 1.82) is 0 Å². The summed E-state index contributed by atoms with van der Waals surface area (Å²) in [5.41, 5.74) is 7.18. The molecule has 0 radical (unpaired) electrons. The minimum atomic E-state index is 0.545. The molecule has 2 rings (SSSR count). The number of aromatic nitrogens is 2. The van der Waals surface area contributed by atoms with Gasteiger partial charge in [0.2, 0.25) is 5.88 Å². The van der Waals surface area contributed by atoms with Crippen molar-refractivity contribution in [1.82, 2.24) is 9.97 Å². The molecule has 0 spiro atoms. The molecule has 0 unspecified atom stereocenters. The predicted molar refractivity (Wildman–Crippen MR) is 76.8 cm³/mol. The van der Waals surface area contributed by atoms with E-state index in [0.29, 0.717) is 38.0 Å². The first-order valence-electron chi connectivity index (χ1n) is 6.51. The Bertz CT molecular complexity index is 548. The quantitative estimate of drug-likeness (QED) is 0.583. The van der Waals surface area contributed by atoms with Crippen LogP contribution in [0.25, 0.3) is 10.9 Å². The number of fused-ring (bicyclic) bond motifs is 1. The summed E-state index contributed by atoms with van der Waals surface area (Å²) in [5, 5.41) is 0.863. The summed E-state index contributed by atoms with van der Waals surface area (Å²) in [5.74, 6) is 0.576. The predicted octanol–water partition coefficient (Wildman–Crippen LogP) is 1.64. The highest BCUT2D eigenvalue weighted by Gasteiger charge is 2.04. The van der Waals surface area contributed by atoms with Gasteiger partial charge in [0.05, 0.1) is 30.7 Å². The highest BCUT2D eigenvalue weighted by molar-refractivity contribution is 5.85. The fraction of sp³-hybridized carbons (Fsp3) is 0.429. The van der Waals surface area contributed by atoms with E-state index >= 15 is 0 Å². The monoisotopic (exact) mass is 277 g/mol. The number of hydrogen-bond donors (Lipinski definition) is 1. The van der Waals surface area contributed by atoms with Crippen molar-refractivity contribution in [2.45, 2.75) is 6.42 Å². The molecule has 0 saturated heterocycles. The van der Waals surface area contributed by atoms with Crippen LogP contribution in [0, 0.1) is 0 Å². The second-order valence-electron chi connectivity index (χ2n) is 4.26. The fourth-order valence-electron chi connectivity index (χ4n) is 1.74. The zero-order valence-corrected chi connectivity index (χ0v) is 11.5. The zero-order chi connectivity index (χ0) is 14.2. The van der Waals surface area contributed by atoms with Crippen molar-refractivity contribution < 1.29 is 14.2 Å². The standard InChI is InChI=1S/C14H19N3O3/c1-18-7-8-19-5-2-6-20-14-12-4-3-11(15)9-13(12)16-10-17-14/h3-4,9-10H,2,5-8,15H2,1H3. The van der Waals surface area contributed by atoms with E-state index in [1.165, 1.54) is 6.33 Å². The van der Waals surface area contributed by atoms with Gasteiger partial charge in [-0.25, -0.2) is 9.97 Å². The Balaban J connectivity index is 1.84. The number of nitrogen functional groups attached to an aromatic ring is 1. The summed E-state index contributed by atoms with van der Waals surface area (Å²) in [6, 6.07) is 5.49. The molecule has 6 nitrogen and oxygen atoms in total. The molecule has 1 aromatic heterocycles. The molecule has 0 atom stereocenters. The van der Waals surface area contributed by atoms with Crippen LogP contribution >= 0.6 is 0 Å². The Morgan fingerprint density at radius 1 is 1.10 bits per heavy atom. The Labute approximate surface area is 117 Å². The molecule has 1 heterocycles. The lowest BCUT2D eigenvalue weighted by Gasteiger charge is -2.08. The lowest BCUT2D eigenvalue weighted by atomic mass is 10.2. The Morgan fingerprint density at radius 2 is 2.00 bits per heavy atom. The van der Waals surface area contributed by atoms with Gasteiger partial charge in [0.15, 0.2) is 0 Å². The first kappa shape index (κ1) is 14.5. The van der Waals surface area contributed by atoms with Gasteiger partial charge in [-0.15, -0.1) is 0 Å². The molecule has 0 saturated carbocycles. The lowest BCUT2D eigenvalue weighted by Crippen LogP contribution is -2.07. The van der Waals surface area contributed by atoms with E-state index in [4.69, 9.17) is 19.9 Å². The minimum absolute atomic E-state index is 0.545. The van der Waals surface area contributed by atoms with E-state index in [0.717, 1.165) is 17.3 Å². The van der Waals surface area contributed by atoms with Crippen LogP contribution in [0.4, 0.5) is 5.69 Å². The van der Waals surface area contributed by atoms with Crippen molar-refractivity contribution >= 4 is 16.6 Å². The highest BCUT2D eigenvalue weighted by atomic mass is 16.5. The van der Waals surface area contributed by atoms with Gasteiger partial charge >= 0.3 is 0 Å². The summed E-state index contributed by atoms with van der Waals surface area (Å²) in [7, 11) is 1.65. The number of nitrogens with zero attached hydrogens (tertiary/aromatic N) is 2. The Kier molecular flexibility index (Phi) is 5.52. The number of rotatable bonds is 8. The maximum atomic E-state index is 5.73. The van der Waals surface area contributed by atoms with Gasteiger partial charge in [0, 0.05) is 25.8 Å². The lowest BCUT2D eigenvalue weighted by molar-refractivity contribution is 0.0643. The minimum Gasteiger partial charge on any atom is -0.477 e. The number of nitrogens with two attached hydrogens (primary N) is 1. The van der Waals surface area contributed by atoms with Gasteiger partial charge in [-0.1, -0.05) is 0 Å². The molecule has 0 aliphatic heterocycles. The van der Waals surface area contributed by atoms with Crippen molar-refractivity contribution in [3.8, 4) is 5.88 Å². The van der Waals surface area contributed by atoms with Gasteiger partial charge in [-0.05, 0) is 18.2 Å². The average molecular weight is 277 g/mol. The molecule has 0 aliphatic rings. The van der Waals surface area contributed by atoms with Gasteiger partial charge in [0.1, 0.15) is 6.33 Å². The molecule has 20 heavy (non-hydrogen) atoms. The van der Waals surface area contributed by atoms with Crippen molar-refractivity contribution in [2.24, 2.45) is 0 Å². The van der Waals surface area contributed by atoms with E-state index in [1.807, 2.05) is 12.1 Å². The van der Waals surface area contributed by atoms with Crippen LogP contribution in [0.15, 0.2) is 24.5 Å². The third kappa shape index (κ3) is 4.04. The number of benzene rings is 1. The molecule has 0 aliphatic carbocycles. The number of methoxy groups -OCH3 is 1. The molecule has 0 bridgehead atoms. The number of ether oxygens (including phenoxy) is 3. The Hall–Kier alpha value is -1.92. The molecular formula is C14H19N3O3. The van der Waals surface area contributed by atoms with Crippen molar-refractivity contribution in [3.63, 3.8) is 0 Å². The molecule has 1 aromatic carbocycles. The smallest absolute Gasteiger partial charge is 0.224 e. The molecule has 2 N–H and O–H groups in total. The van der Waals surface area contributed by atoms with E-state index in [-0.39, 0.29) is 0 Å². The van der Waals surface area contributed by atoms with Crippen molar-refractivity contribution in [2.75, 3.05) is 39.3 Å². The molecule has 108 valence electrons. The molecule has 0 fully saturated rings. The van der Waals surface area contributed by atoms with Gasteiger partial charge in [-0.3, -0.25) is 0 Å². The van der Waals surface area contributed by atoms with E-state index in [1.54, 1.807) is 13.2 Å². The third-order valence-corrected chi connectivity index (χ3v) is 2.73. The zero-order valence-electron chi connectivity index (χ0n) is 11.5. The average Bonchev–Trinajstić information content (AvgIpc) is 2.46. The van der Waals surface area contributed by atoms with Crippen LogP contribution < -0.4 is 10.5 Å². The normalized spacial score (nSPS) is 10.8. The maximum absolute atomic E-state index is 5.73. The van der Waals surface area contributed by atoms with Crippen molar-refractivity contribution in [3.05, 3.63) is 24.5 Å². The molecular weight excluding hydrogens is 258 g/mol. The summed E-state index contributed by atoms with van der Waals surface area (Å²) in [6.45, 7) is 2.40. The topological polar surface area (TPSA) is 79.5 Å². The van der Waals surface area contributed by atoms with Crippen LogP contribution in [0.1, 0.15) is 6.42 Å². The fourth-order valence-corrected chi connectivity index (χ4v) is 1.74. The SMILES string of the molecule is COCCOCCCOc1ncnc2cc(N)ccc12. The summed E-state index contributed by atoms with van der Waals surface area (Å²) in [4.78, 5) is 8.32. The Morgan fingerprint density at radius 3 is 2.85 bits per heavy atom. The molecule has 6 heteroatoms. The second kappa shape index (κ2) is 7.62. The molecule has 0 amide bonds. The maximum Gasteiger partial charge on any atom is 0.224 e. The highest BCUT2D eigenvalue weighted by Crippen LogP contribution is 2.22. The van der Waals surface area contributed by atoms with E-state index in [9.17, 15) is 0 Å². The summed E-state index contributed by atoms with van der Waals surface area (Å²) >= 11 is 0. The first-order chi connectivity index (χ1) is 9.81. The van der Waals surface area contributed by atoms with Crippen LogP contribution in [0.2, 0.25) is 0 Å². The van der Waals surface area contributed by atoms with Crippen LogP contribution in [0.5, 0.6) is 5.88 Å². The van der Waals surface area contributed by atoms with Gasteiger partial charge in [-0.2, -0.15) is 0 Å². The third-order valence-electron chi connectivity index (χ3n) is 2.73. The van der Waals surface area contributed by atoms with Crippen LogP contribution in [-0.4, -0.2) is 43.5 Å².